The SMILES string of the molecule is CC#Cc1ccc(-c2nnc(N[C@@H]3CCCN(CC(F)(F)F)C3)cc2C)c(O)c1. The molecular weight excluding hydrogens is 381 g/mol. The molecule has 0 saturated carbocycles. The maximum atomic E-state index is 12.6. The molecule has 0 radical (unpaired) electrons. The third kappa shape index (κ3) is 5.61. The first-order chi connectivity index (χ1) is 13.7. The van der Waals surface area contributed by atoms with Gasteiger partial charge in [0.25, 0.3) is 0 Å². The highest BCUT2D eigenvalue weighted by molar-refractivity contribution is 5.71. The summed E-state index contributed by atoms with van der Waals surface area (Å²) >= 11 is 0. The highest BCUT2D eigenvalue weighted by Crippen LogP contribution is 2.31. The number of aromatic hydroxyl groups is 1. The summed E-state index contributed by atoms with van der Waals surface area (Å²) in [5.74, 6) is 6.24. The van der Waals surface area contributed by atoms with Crippen molar-refractivity contribution >= 4 is 5.82 Å². The summed E-state index contributed by atoms with van der Waals surface area (Å²) < 4.78 is 37.9. The van der Waals surface area contributed by atoms with Gasteiger partial charge in [0, 0.05) is 23.7 Å². The van der Waals surface area contributed by atoms with Crippen molar-refractivity contribution in [3.05, 3.63) is 35.4 Å². The first-order valence-corrected chi connectivity index (χ1v) is 9.41. The van der Waals surface area contributed by atoms with E-state index in [4.69, 9.17) is 0 Å². The smallest absolute Gasteiger partial charge is 0.401 e. The van der Waals surface area contributed by atoms with Gasteiger partial charge in [0.1, 0.15) is 11.6 Å². The van der Waals surface area contributed by atoms with Crippen LogP contribution in [0.2, 0.25) is 0 Å². The predicted molar refractivity (Wildman–Crippen MR) is 106 cm³/mol. The Bertz CT molecular complexity index is 934. The van der Waals surface area contributed by atoms with Gasteiger partial charge in [0.2, 0.25) is 0 Å². The summed E-state index contributed by atoms with van der Waals surface area (Å²) in [5.41, 5.74) is 2.61. The fourth-order valence-electron chi connectivity index (χ4n) is 3.56. The molecule has 0 bridgehead atoms. The predicted octanol–water partition coefficient (Wildman–Crippen LogP) is 3.97. The van der Waals surface area contributed by atoms with Gasteiger partial charge in [0.05, 0.1) is 12.2 Å². The summed E-state index contributed by atoms with van der Waals surface area (Å²) in [5, 5.41) is 21.9. The molecule has 1 saturated heterocycles. The summed E-state index contributed by atoms with van der Waals surface area (Å²) in [6.45, 7) is 3.43. The molecule has 1 atom stereocenters. The Kier molecular flexibility index (Phi) is 6.28. The van der Waals surface area contributed by atoms with E-state index in [2.05, 4.69) is 27.4 Å². The number of benzene rings is 1. The number of likely N-dealkylation sites (tertiary alicyclic amines) is 1. The molecule has 2 N–H and O–H groups in total. The summed E-state index contributed by atoms with van der Waals surface area (Å²) in [6, 6.07) is 6.80. The standard InChI is InChI=1S/C21H23F3N4O/c1-3-5-15-7-8-17(18(29)11-15)20-14(2)10-19(26-27-20)25-16-6-4-9-28(12-16)13-21(22,23)24/h7-8,10-11,16,29H,4,6,9,12-13H2,1-2H3,(H,25,26)/t16-/m1/s1. The van der Waals surface area contributed by atoms with E-state index in [1.807, 2.05) is 6.92 Å². The second-order valence-corrected chi connectivity index (χ2v) is 7.20. The average molecular weight is 404 g/mol. The van der Waals surface area contributed by atoms with Gasteiger partial charge in [-0.3, -0.25) is 4.90 Å². The van der Waals surface area contributed by atoms with E-state index in [0.717, 1.165) is 12.0 Å². The van der Waals surface area contributed by atoms with E-state index in [0.29, 0.717) is 42.1 Å². The summed E-state index contributed by atoms with van der Waals surface area (Å²) in [7, 11) is 0. The highest BCUT2D eigenvalue weighted by atomic mass is 19.4. The lowest BCUT2D eigenvalue weighted by Gasteiger charge is -2.33. The van der Waals surface area contributed by atoms with Crippen LogP contribution in [0.4, 0.5) is 19.0 Å². The minimum atomic E-state index is -4.19. The van der Waals surface area contributed by atoms with Crippen molar-refractivity contribution in [1.29, 1.82) is 0 Å². The second kappa shape index (κ2) is 8.70. The molecule has 1 aliphatic heterocycles. The Hall–Kier alpha value is -2.79. The number of piperidine rings is 1. The normalized spacial score (nSPS) is 17.5. The molecule has 8 heteroatoms. The number of hydrogen-bond acceptors (Lipinski definition) is 5. The Morgan fingerprint density at radius 1 is 1.28 bits per heavy atom. The molecule has 0 amide bonds. The quantitative estimate of drug-likeness (QED) is 0.756. The fourth-order valence-corrected chi connectivity index (χ4v) is 3.56. The zero-order valence-corrected chi connectivity index (χ0v) is 16.3. The lowest BCUT2D eigenvalue weighted by molar-refractivity contribution is -0.147. The van der Waals surface area contributed by atoms with E-state index < -0.39 is 12.7 Å². The Morgan fingerprint density at radius 2 is 2.07 bits per heavy atom. The molecule has 2 heterocycles. The van der Waals surface area contributed by atoms with E-state index in [1.54, 1.807) is 31.2 Å². The molecular formula is C21H23F3N4O. The number of nitrogens with one attached hydrogen (secondary N) is 1. The van der Waals surface area contributed by atoms with Gasteiger partial charge in [-0.25, -0.2) is 0 Å². The number of anilines is 1. The van der Waals surface area contributed by atoms with Crippen LogP contribution >= 0.6 is 0 Å². The molecule has 0 aliphatic carbocycles. The van der Waals surface area contributed by atoms with E-state index in [-0.39, 0.29) is 11.8 Å². The van der Waals surface area contributed by atoms with Crippen molar-refractivity contribution in [3.63, 3.8) is 0 Å². The molecule has 0 spiro atoms. The van der Waals surface area contributed by atoms with Gasteiger partial charge in [-0.05, 0) is 63.1 Å². The molecule has 1 aromatic carbocycles. The Labute approximate surface area is 168 Å². The largest absolute Gasteiger partial charge is 0.507 e. The molecule has 29 heavy (non-hydrogen) atoms. The first-order valence-electron chi connectivity index (χ1n) is 9.41. The van der Waals surface area contributed by atoms with Crippen LogP contribution in [0.15, 0.2) is 24.3 Å². The maximum Gasteiger partial charge on any atom is 0.401 e. The molecule has 1 aromatic heterocycles. The first kappa shape index (κ1) is 20.9. The number of rotatable bonds is 4. The number of phenols is 1. The van der Waals surface area contributed by atoms with Crippen LogP contribution in [-0.4, -0.2) is 52.1 Å². The molecule has 2 aromatic rings. The number of alkyl halides is 3. The van der Waals surface area contributed by atoms with Gasteiger partial charge in [0.15, 0.2) is 0 Å². The zero-order chi connectivity index (χ0) is 21.0. The summed E-state index contributed by atoms with van der Waals surface area (Å²) in [4.78, 5) is 1.41. The minimum absolute atomic E-state index is 0.0680. The van der Waals surface area contributed by atoms with Gasteiger partial charge < -0.3 is 10.4 Å². The highest BCUT2D eigenvalue weighted by Gasteiger charge is 2.33. The number of nitrogens with zero attached hydrogens (tertiary/aromatic N) is 3. The summed E-state index contributed by atoms with van der Waals surface area (Å²) in [6.07, 6.45) is -2.73. The van der Waals surface area contributed by atoms with Crippen LogP contribution in [0.25, 0.3) is 11.3 Å². The third-order valence-electron chi connectivity index (χ3n) is 4.77. The second-order valence-electron chi connectivity index (χ2n) is 7.20. The van der Waals surface area contributed by atoms with Gasteiger partial charge in [-0.2, -0.15) is 13.2 Å². The third-order valence-corrected chi connectivity index (χ3v) is 4.77. The van der Waals surface area contributed by atoms with Crippen molar-refractivity contribution in [1.82, 2.24) is 15.1 Å². The van der Waals surface area contributed by atoms with Crippen molar-refractivity contribution < 1.29 is 18.3 Å². The van der Waals surface area contributed by atoms with Crippen LogP contribution in [0.5, 0.6) is 5.75 Å². The molecule has 1 fully saturated rings. The Balaban J connectivity index is 1.72. The van der Waals surface area contributed by atoms with Crippen LogP contribution < -0.4 is 5.32 Å². The molecule has 0 unspecified atom stereocenters. The maximum absolute atomic E-state index is 12.6. The van der Waals surface area contributed by atoms with Crippen molar-refractivity contribution in [2.45, 2.75) is 38.9 Å². The van der Waals surface area contributed by atoms with E-state index in [9.17, 15) is 18.3 Å². The van der Waals surface area contributed by atoms with Crippen molar-refractivity contribution in [2.24, 2.45) is 0 Å². The van der Waals surface area contributed by atoms with Gasteiger partial charge >= 0.3 is 6.18 Å². The topological polar surface area (TPSA) is 61.3 Å². The number of halogens is 3. The monoisotopic (exact) mass is 404 g/mol. The van der Waals surface area contributed by atoms with Crippen molar-refractivity contribution in [3.8, 4) is 28.8 Å². The van der Waals surface area contributed by atoms with Crippen LogP contribution in [-0.2, 0) is 0 Å². The molecule has 5 nitrogen and oxygen atoms in total. The number of phenolic OH excluding ortho intramolecular Hbond substituents is 1. The molecule has 3 rings (SSSR count). The lowest BCUT2D eigenvalue weighted by Crippen LogP contribution is -2.45. The van der Waals surface area contributed by atoms with Gasteiger partial charge in [-0.15, -0.1) is 16.1 Å². The number of aromatic nitrogens is 2. The lowest BCUT2D eigenvalue weighted by atomic mass is 10.0. The Morgan fingerprint density at radius 3 is 2.72 bits per heavy atom. The van der Waals surface area contributed by atoms with E-state index >= 15 is 0 Å². The zero-order valence-electron chi connectivity index (χ0n) is 16.3. The van der Waals surface area contributed by atoms with Crippen LogP contribution in [0, 0.1) is 18.8 Å². The molecule has 154 valence electrons. The molecule has 1 aliphatic rings. The van der Waals surface area contributed by atoms with Crippen LogP contribution in [0.1, 0.15) is 30.9 Å². The minimum Gasteiger partial charge on any atom is -0.507 e. The van der Waals surface area contributed by atoms with E-state index in [1.165, 1.54) is 4.90 Å². The fraction of sp³-hybridized carbons (Fsp3) is 0.429. The average Bonchev–Trinajstić information content (AvgIpc) is 2.62. The van der Waals surface area contributed by atoms with Crippen LogP contribution in [0.3, 0.4) is 0 Å². The van der Waals surface area contributed by atoms with Crippen molar-refractivity contribution in [2.75, 3.05) is 25.0 Å². The number of hydrogen-bond donors (Lipinski definition) is 2. The van der Waals surface area contributed by atoms with Gasteiger partial charge in [-0.1, -0.05) is 5.92 Å². The number of aryl methyl sites for hydroxylation is 1.